The Balaban J connectivity index is 1.96. The van der Waals surface area contributed by atoms with E-state index in [2.05, 4.69) is 10.9 Å². The average molecular weight is 390 g/mol. The summed E-state index contributed by atoms with van der Waals surface area (Å²) < 4.78 is 0. The zero-order chi connectivity index (χ0) is 19.8. The quantitative estimate of drug-likeness (QED) is 0.553. The highest BCUT2D eigenvalue weighted by Crippen LogP contribution is 2.14. The van der Waals surface area contributed by atoms with Gasteiger partial charge in [-0.2, -0.15) is 0 Å². The van der Waals surface area contributed by atoms with Crippen molar-refractivity contribution in [3.05, 3.63) is 62.3 Å². The Morgan fingerprint density at radius 2 is 1.85 bits per heavy atom. The Labute approximate surface area is 159 Å². The number of hydrogen-bond donors (Lipinski definition) is 2. The lowest BCUT2D eigenvalue weighted by molar-refractivity contribution is -0.384. The highest BCUT2D eigenvalue weighted by Gasteiger charge is 2.19. The molecule has 1 aromatic heterocycles. The largest absolute Gasteiger partial charge is 0.329 e. The van der Waals surface area contributed by atoms with E-state index in [0.717, 1.165) is 0 Å². The number of hydrogen-bond acceptors (Lipinski definition) is 6. The van der Waals surface area contributed by atoms with Gasteiger partial charge in [0.05, 0.1) is 9.80 Å². The van der Waals surface area contributed by atoms with Crippen LogP contribution in [0.4, 0.5) is 5.69 Å². The van der Waals surface area contributed by atoms with E-state index in [1.165, 1.54) is 40.5 Å². The summed E-state index contributed by atoms with van der Waals surface area (Å²) in [5.74, 6) is -1.42. The maximum absolute atomic E-state index is 12.6. The molecule has 3 amide bonds. The van der Waals surface area contributed by atoms with Gasteiger partial charge in [0.25, 0.3) is 23.4 Å². The molecule has 1 heterocycles. The molecule has 142 valence electrons. The van der Waals surface area contributed by atoms with Crippen LogP contribution in [0.25, 0.3) is 0 Å². The van der Waals surface area contributed by atoms with Gasteiger partial charge >= 0.3 is 0 Å². The Morgan fingerprint density at radius 3 is 2.41 bits per heavy atom. The predicted molar refractivity (Wildman–Crippen MR) is 99.2 cm³/mol. The number of non-ortho nitro benzene ring substituents is 1. The van der Waals surface area contributed by atoms with Gasteiger partial charge in [-0.15, -0.1) is 11.3 Å². The molecule has 0 saturated heterocycles. The molecule has 9 nitrogen and oxygen atoms in total. The van der Waals surface area contributed by atoms with Gasteiger partial charge in [0.2, 0.25) is 0 Å². The van der Waals surface area contributed by atoms with Crippen LogP contribution in [0.1, 0.15) is 33.4 Å². The minimum absolute atomic E-state index is 0.123. The molecule has 27 heavy (non-hydrogen) atoms. The highest BCUT2D eigenvalue weighted by molar-refractivity contribution is 7.12. The third-order valence-electron chi connectivity index (χ3n) is 3.50. The highest BCUT2D eigenvalue weighted by atomic mass is 32.1. The summed E-state index contributed by atoms with van der Waals surface area (Å²) in [5.41, 5.74) is 4.68. The van der Waals surface area contributed by atoms with Crippen LogP contribution in [0, 0.1) is 10.1 Å². The predicted octanol–water partition coefficient (Wildman–Crippen LogP) is 1.97. The number of amides is 3. The molecule has 0 radical (unpaired) electrons. The van der Waals surface area contributed by atoms with E-state index in [-0.39, 0.29) is 17.8 Å². The number of hydrazine groups is 1. The summed E-state index contributed by atoms with van der Waals surface area (Å²) in [4.78, 5) is 48.4. The number of nitrogens with one attached hydrogen (secondary N) is 2. The first kappa shape index (κ1) is 20.0. The number of carbonyl (C=O) groups excluding carboxylic acids is 3. The topological polar surface area (TPSA) is 122 Å². The second-order valence-electron chi connectivity index (χ2n) is 5.51. The Morgan fingerprint density at radius 1 is 1.15 bits per heavy atom. The molecule has 0 aliphatic heterocycles. The number of carbonyl (C=O) groups is 3. The van der Waals surface area contributed by atoms with Crippen LogP contribution in [0.2, 0.25) is 0 Å². The fraction of sp³-hybridized carbons (Fsp3) is 0.235. The van der Waals surface area contributed by atoms with E-state index >= 15 is 0 Å². The van der Waals surface area contributed by atoms with Crippen LogP contribution in [-0.4, -0.2) is 40.6 Å². The van der Waals surface area contributed by atoms with Crippen LogP contribution < -0.4 is 10.9 Å². The van der Waals surface area contributed by atoms with Crippen LogP contribution in [0.15, 0.2) is 41.8 Å². The van der Waals surface area contributed by atoms with Crippen molar-refractivity contribution in [2.75, 3.05) is 13.1 Å². The summed E-state index contributed by atoms with van der Waals surface area (Å²) in [6, 6.07) is 8.50. The first-order chi connectivity index (χ1) is 12.9. The maximum Gasteiger partial charge on any atom is 0.279 e. The molecule has 2 aromatic rings. The van der Waals surface area contributed by atoms with Gasteiger partial charge in [0.15, 0.2) is 0 Å². The third-order valence-corrected chi connectivity index (χ3v) is 4.37. The van der Waals surface area contributed by atoms with Gasteiger partial charge in [-0.1, -0.05) is 13.0 Å². The second-order valence-corrected chi connectivity index (χ2v) is 6.46. The van der Waals surface area contributed by atoms with Crippen LogP contribution in [0.3, 0.4) is 0 Å². The van der Waals surface area contributed by atoms with Gasteiger partial charge in [-0.3, -0.25) is 35.3 Å². The van der Waals surface area contributed by atoms with E-state index in [0.29, 0.717) is 17.8 Å². The lowest BCUT2D eigenvalue weighted by Gasteiger charge is -2.21. The van der Waals surface area contributed by atoms with Gasteiger partial charge < -0.3 is 4.90 Å². The van der Waals surface area contributed by atoms with E-state index in [1.54, 1.807) is 17.5 Å². The zero-order valence-corrected chi connectivity index (χ0v) is 15.3. The molecule has 0 atom stereocenters. The summed E-state index contributed by atoms with van der Waals surface area (Å²) in [5, 5.41) is 12.4. The van der Waals surface area contributed by atoms with Gasteiger partial charge in [-0.05, 0) is 30.0 Å². The monoisotopic (exact) mass is 390 g/mol. The average Bonchev–Trinajstić information content (AvgIpc) is 3.20. The molecule has 0 bridgehead atoms. The van der Waals surface area contributed by atoms with Gasteiger partial charge in [0, 0.05) is 24.2 Å². The normalized spacial score (nSPS) is 10.1. The van der Waals surface area contributed by atoms with Crippen molar-refractivity contribution in [2.45, 2.75) is 13.3 Å². The lowest BCUT2D eigenvalue weighted by Crippen LogP contribution is -2.47. The van der Waals surface area contributed by atoms with Crippen molar-refractivity contribution in [1.82, 2.24) is 15.8 Å². The van der Waals surface area contributed by atoms with E-state index in [1.807, 2.05) is 6.92 Å². The first-order valence-corrected chi connectivity index (χ1v) is 8.96. The fourth-order valence-electron chi connectivity index (χ4n) is 2.24. The molecular formula is C17H18N4O5S. The fourth-order valence-corrected chi connectivity index (χ4v) is 2.86. The molecule has 0 unspecified atom stereocenters. The van der Waals surface area contributed by atoms with Crippen molar-refractivity contribution in [1.29, 1.82) is 0 Å². The van der Waals surface area contributed by atoms with Gasteiger partial charge in [0.1, 0.15) is 6.54 Å². The number of benzene rings is 1. The smallest absolute Gasteiger partial charge is 0.279 e. The summed E-state index contributed by atoms with van der Waals surface area (Å²) in [7, 11) is 0. The second kappa shape index (κ2) is 9.43. The summed E-state index contributed by atoms with van der Waals surface area (Å²) in [6.45, 7) is 1.92. The summed E-state index contributed by atoms with van der Waals surface area (Å²) in [6.07, 6.45) is 0.619. The third kappa shape index (κ3) is 5.61. The van der Waals surface area contributed by atoms with Crippen LogP contribution >= 0.6 is 11.3 Å². The molecule has 0 fully saturated rings. The van der Waals surface area contributed by atoms with E-state index < -0.39 is 22.6 Å². The minimum atomic E-state index is -0.554. The molecule has 10 heteroatoms. The number of rotatable bonds is 7. The molecular weight excluding hydrogens is 372 g/mol. The maximum atomic E-state index is 12.6. The molecule has 0 aliphatic carbocycles. The molecule has 1 aromatic carbocycles. The zero-order valence-electron chi connectivity index (χ0n) is 14.5. The van der Waals surface area contributed by atoms with Crippen molar-refractivity contribution in [2.24, 2.45) is 0 Å². The Bertz CT molecular complexity index is 820. The molecule has 0 saturated carbocycles. The van der Waals surface area contributed by atoms with Crippen molar-refractivity contribution >= 4 is 34.7 Å². The standard InChI is InChI=1S/C17H18N4O5S/c1-2-9-20(17(24)12-5-7-13(8-6-12)21(25)26)11-15(22)18-19-16(23)14-4-3-10-27-14/h3-8,10H,2,9,11H2,1H3,(H,18,22)(H,19,23). The lowest BCUT2D eigenvalue weighted by atomic mass is 10.1. The number of nitro groups is 1. The molecule has 2 rings (SSSR count). The number of nitrogens with zero attached hydrogens (tertiary/aromatic N) is 2. The van der Waals surface area contributed by atoms with Crippen molar-refractivity contribution in [3.63, 3.8) is 0 Å². The minimum Gasteiger partial charge on any atom is -0.329 e. The molecule has 2 N–H and O–H groups in total. The Hall–Kier alpha value is -3.27. The molecule has 0 spiro atoms. The SMILES string of the molecule is CCCN(CC(=O)NNC(=O)c1cccs1)C(=O)c1ccc([N+](=O)[O-])cc1. The van der Waals surface area contributed by atoms with Crippen molar-refractivity contribution < 1.29 is 19.3 Å². The van der Waals surface area contributed by atoms with E-state index in [9.17, 15) is 24.5 Å². The molecule has 0 aliphatic rings. The van der Waals surface area contributed by atoms with Gasteiger partial charge in [-0.25, -0.2) is 0 Å². The first-order valence-electron chi connectivity index (χ1n) is 8.08. The van der Waals surface area contributed by atoms with Crippen LogP contribution in [-0.2, 0) is 4.79 Å². The summed E-state index contributed by atoms with van der Waals surface area (Å²) >= 11 is 1.23. The van der Waals surface area contributed by atoms with Crippen LogP contribution in [0.5, 0.6) is 0 Å². The van der Waals surface area contributed by atoms with Crippen molar-refractivity contribution in [3.8, 4) is 0 Å². The Kier molecular flexibility index (Phi) is 7.00. The number of nitro benzene ring substituents is 1. The van der Waals surface area contributed by atoms with E-state index in [4.69, 9.17) is 0 Å². The number of thiophene rings is 1.